The molecule has 20 heavy (non-hydrogen) atoms. The first-order chi connectivity index (χ1) is 9.49. The molecular weight excluding hydrogens is 260 g/mol. The van der Waals surface area contributed by atoms with Gasteiger partial charge in [0.05, 0.1) is 12.0 Å². The van der Waals surface area contributed by atoms with Crippen molar-refractivity contribution in [3.8, 4) is 0 Å². The fourth-order valence-corrected chi connectivity index (χ4v) is 2.26. The molecule has 1 unspecified atom stereocenters. The number of hydrogen-bond acceptors (Lipinski definition) is 3. The molecule has 0 radical (unpaired) electrons. The number of carboxylic acid groups (broad SMARTS) is 1. The van der Waals surface area contributed by atoms with Gasteiger partial charge in [-0.15, -0.1) is 0 Å². The van der Waals surface area contributed by atoms with E-state index in [-0.39, 0.29) is 23.8 Å². The number of hydrogen-bond donors (Lipinski definition) is 2. The number of rotatable bonds is 4. The molecule has 1 fully saturated rings. The van der Waals surface area contributed by atoms with Gasteiger partial charge in [0.1, 0.15) is 6.04 Å². The first-order valence-corrected chi connectivity index (χ1v) is 6.34. The second kappa shape index (κ2) is 5.73. The van der Waals surface area contributed by atoms with E-state index in [1.54, 1.807) is 30.1 Å². The van der Waals surface area contributed by atoms with Crippen molar-refractivity contribution in [3.05, 3.63) is 35.4 Å². The van der Waals surface area contributed by atoms with E-state index in [0.29, 0.717) is 18.5 Å². The summed E-state index contributed by atoms with van der Waals surface area (Å²) in [5, 5.41) is 11.7. The summed E-state index contributed by atoms with van der Waals surface area (Å²) < 4.78 is 0. The van der Waals surface area contributed by atoms with Crippen molar-refractivity contribution < 1.29 is 19.5 Å². The molecule has 1 heterocycles. The number of nitrogens with one attached hydrogen (secondary N) is 1. The number of amides is 2. The number of carbonyl (C=O) groups excluding carboxylic acids is 2. The first-order valence-electron chi connectivity index (χ1n) is 6.34. The number of carboxylic acids is 1. The molecule has 0 aromatic heterocycles. The predicted molar refractivity (Wildman–Crippen MR) is 71.3 cm³/mol. The maximum atomic E-state index is 11.9. The highest BCUT2D eigenvalue weighted by molar-refractivity contribution is 5.93. The quantitative estimate of drug-likeness (QED) is 0.826. The molecule has 2 N–H and O–H groups in total. The standard InChI is InChI=1S/C14H16N2O4/c1-16-7-6-11(13(16)18)15-12(17)8-9-4-2-3-5-10(9)14(19)20/h2-5,11H,6-8H2,1H3,(H,15,17)(H,19,20). The van der Waals surface area contributed by atoms with Crippen LogP contribution in [-0.2, 0) is 16.0 Å². The Morgan fingerprint density at radius 3 is 2.70 bits per heavy atom. The van der Waals surface area contributed by atoms with Crippen LogP contribution < -0.4 is 5.32 Å². The maximum Gasteiger partial charge on any atom is 0.335 e. The van der Waals surface area contributed by atoms with Crippen molar-refractivity contribution in [1.29, 1.82) is 0 Å². The molecule has 6 heteroatoms. The number of likely N-dealkylation sites (N-methyl/N-ethyl adjacent to an activating group) is 1. The molecule has 0 bridgehead atoms. The van der Waals surface area contributed by atoms with Gasteiger partial charge in [0.25, 0.3) is 0 Å². The molecule has 0 aliphatic carbocycles. The molecule has 1 atom stereocenters. The molecule has 106 valence electrons. The summed E-state index contributed by atoms with van der Waals surface area (Å²) in [6.07, 6.45) is 0.539. The van der Waals surface area contributed by atoms with E-state index in [9.17, 15) is 14.4 Å². The zero-order chi connectivity index (χ0) is 14.7. The molecular formula is C14H16N2O4. The third-order valence-corrected chi connectivity index (χ3v) is 3.36. The Morgan fingerprint density at radius 2 is 2.10 bits per heavy atom. The molecule has 1 aliphatic heterocycles. The summed E-state index contributed by atoms with van der Waals surface area (Å²) in [5.41, 5.74) is 0.550. The van der Waals surface area contributed by atoms with Gasteiger partial charge in [-0.2, -0.15) is 0 Å². The summed E-state index contributed by atoms with van der Waals surface area (Å²) >= 11 is 0. The zero-order valence-electron chi connectivity index (χ0n) is 11.1. The lowest BCUT2D eigenvalue weighted by atomic mass is 10.0. The Bertz CT molecular complexity index is 556. The van der Waals surface area contributed by atoms with Gasteiger partial charge in [-0.25, -0.2) is 4.79 Å². The second-order valence-electron chi connectivity index (χ2n) is 4.81. The van der Waals surface area contributed by atoms with Crippen molar-refractivity contribution >= 4 is 17.8 Å². The van der Waals surface area contributed by atoms with Crippen LogP contribution in [0.5, 0.6) is 0 Å². The van der Waals surface area contributed by atoms with Crippen LogP contribution in [0.15, 0.2) is 24.3 Å². The van der Waals surface area contributed by atoms with Crippen LogP contribution in [0.2, 0.25) is 0 Å². The average Bonchev–Trinajstić information content (AvgIpc) is 2.71. The van der Waals surface area contributed by atoms with E-state index in [1.807, 2.05) is 0 Å². The lowest BCUT2D eigenvalue weighted by molar-refractivity contribution is -0.131. The summed E-state index contributed by atoms with van der Waals surface area (Å²) in [4.78, 5) is 36.2. The Labute approximate surface area is 116 Å². The van der Waals surface area contributed by atoms with Crippen molar-refractivity contribution in [3.63, 3.8) is 0 Å². The number of aromatic carboxylic acids is 1. The van der Waals surface area contributed by atoms with E-state index >= 15 is 0 Å². The number of nitrogens with zero attached hydrogens (tertiary/aromatic N) is 1. The Hall–Kier alpha value is -2.37. The van der Waals surface area contributed by atoms with Crippen molar-refractivity contribution in [1.82, 2.24) is 10.2 Å². The zero-order valence-corrected chi connectivity index (χ0v) is 11.1. The predicted octanol–water partition coefficient (Wildman–Crippen LogP) is 0.274. The minimum absolute atomic E-state index is 0.0457. The minimum atomic E-state index is -1.06. The van der Waals surface area contributed by atoms with Crippen molar-refractivity contribution in [2.75, 3.05) is 13.6 Å². The van der Waals surface area contributed by atoms with Crippen LogP contribution in [0, 0.1) is 0 Å². The molecule has 2 rings (SSSR count). The summed E-state index contributed by atoms with van der Waals surface area (Å²) in [6.45, 7) is 0.621. The van der Waals surface area contributed by atoms with Gasteiger partial charge in [0.2, 0.25) is 11.8 Å². The van der Waals surface area contributed by atoms with Gasteiger partial charge in [-0.05, 0) is 18.1 Å². The smallest absolute Gasteiger partial charge is 0.335 e. The van der Waals surface area contributed by atoms with Gasteiger partial charge in [-0.1, -0.05) is 18.2 Å². The Kier molecular flexibility index (Phi) is 4.02. The van der Waals surface area contributed by atoms with Gasteiger partial charge in [0.15, 0.2) is 0 Å². The normalized spacial score (nSPS) is 18.1. The van der Waals surface area contributed by atoms with Crippen molar-refractivity contribution in [2.45, 2.75) is 18.9 Å². The topological polar surface area (TPSA) is 86.7 Å². The van der Waals surface area contributed by atoms with Crippen LogP contribution in [0.25, 0.3) is 0 Å². The van der Waals surface area contributed by atoms with Crippen molar-refractivity contribution in [2.24, 2.45) is 0 Å². The van der Waals surface area contributed by atoms with Crippen LogP contribution in [-0.4, -0.2) is 47.4 Å². The van der Waals surface area contributed by atoms with Gasteiger partial charge in [-0.3, -0.25) is 9.59 Å². The highest BCUT2D eigenvalue weighted by Gasteiger charge is 2.30. The SMILES string of the molecule is CN1CCC(NC(=O)Cc2ccccc2C(=O)O)C1=O. The molecule has 2 amide bonds. The number of benzene rings is 1. The fraction of sp³-hybridized carbons (Fsp3) is 0.357. The fourth-order valence-electron chi connectivity index (χ4n) is 2.26. The second-order valence-corrected chi connectivity index (χ2v) is 4.81. The molecule has 1 aromatic rings. The van der Waals surface area contributed by atoms with E-state index in [0.717, 1.165) is 0 Å². The Morgan fingerprint density at radius 1 is 1.40 bits per heavy atom. The first kappa shape index (κ1) is 14.0. The monoisotopic (exact) mass is 276 g/mol. The lowest BCUT2D eigenvalue weighted by Crippen LogP contribution is -2.41. The van der Waals surface area contributed by atoms with Crippen LogP contribution in [0.1, 0.15) is 22.3 Å². The van der Waals surface area contributed by atoms with Gasteiger partial charge >= 0.3 is 5.97 Å². The summed E-state index contributed by atoms with van der Waals surface area (Å²) in [5.74, 6) is -1.51. The third kappa shape index (κ3) is 2.96. The number of likely N-dealkylation sites (tertiary alicyclic amines) is 1. The van der Waals surface area contributed by atoms with Crippen LogP contribution >= 0.6 is 0 Å². The molecule has 1 aliphatic rings. The highest BCUT2D eigenvalue weighted by atomic mass is 16.4. The van der Waals surface area contributed by atoms with Crippen LogP contribution in [0.3, 0.4) is 0 Å². The van der Waals surface area contributed by atoms with Crippen LogP contribution in [0.4, 0.5) is 0 Å². The largest absolute Gasteiger partial charge is 0.478 e. The van der Waals surface area contributed by atoms with E-state index in [1.165, 1.54) is 6.07 Å². The highest BCUT2D eigenvalue weighted by Crippen LogP contribution is 2.12. The number of carbonyl (C=O) groups is 3. The Balaban J connectivity index is 2.02. The molecule has 1 aromatic carbocycles. The molecule has 0 spiro atoms. The minimum Gasteiger partial charge on any atom is -0.478 e. The summed E-state index contributed by atoms with van der Waals surface area (Å²) in [6, 6.07) is 5.86. The van der Waals surface area contributed by atoms with E-state index in [2.05, 4.69) is 5.32 Å². The van der Waals surface area contributed by atoms with Gasteiger partial charge < -0.3 is 15.3 Å². The van der Waals surface area contributed by atoms with E-state index in [4.69, 9.17) is 5.11 Å². The molecule has 0 saturated carbocycles. The third-order valence-electron chi connectivity index (χ3n) is 3.36. The molecule has 6 nitrogen and oxygen atoms in total. The maximum absolute atomic E-state index is 11.9. The lowest BCUT2D eigenvalue weighted by Gasteiger charge is -2.12. The average molecular weight is 276 g/mol. The van der Waals surface area contributed by atoms with E-state index < -0.39 is 12.0 Å². The summed E-state index contributed by atoms with van der Waals surface area (Å²) in [7, 11) is 1.69. The molecule has 1 saturated heterocycles. The van der Waals surface area contributed by atoms with Gasteiger partial charge in [0, 0.05) is 13.6 Å².